The average molecular weight is 303 g/mol. The molecule has 0 aliphatic rings. The fourth-order valence-corrected chi connectivity index (χ4v) is 2.97. The van der Waals surface area contributed by atoms with Gasteiger partial charge in [0.25, 0.3) is 0 Å². The third-order valence-electron chi connectivity index (χ3n) is 3.50. The number of phenols is 1. The maximum Gasteiger partial charge on any atom is 0.127 e. The first-order valence-corrected chi connectivity index (χ1v) is 7.01. The van der Waals surface area contributed by atoms with Gasteiger partial charge >= 0.3 is 0 Å². The predicted octanol–water partition coefficient (Wildman–Crippen LogP) is 5.83. The van der Waals surface area contributed by atoms with E-state index in [0.717, 1.165) is 21.9 Å². The van der Waals surface area contributed by atoms with Crippen molar-refractivity contribution in [3.05, 3.63) is 64.1 Å². The van der Waals surface area contributed by atoms with E-state index in [1.54, 1.807) is 0 Å². The zero-order valence-corrected chi connectivity index (χ0v) is 12.3. The molecule has 0 saturated heterocycles. The molecule has 1 nitrogen and oxygen atoms in total. The quantitative estimate of drug-likeness (QED) is 0.600. The summed E-state index contributed by atoms with van der Waals surface area (Å²) >= 11 is 12.8. The van der Waals surface area contributed by atoms with Crippen LogP contribution in [0.25, 0.3) is 21.9 Å². The highest BCUT2D eigenvalue weighted by Gasteiger charge is 2.17. The first-order chi connectivity index (χ1) is 9.61. The van der Waals surface area contributed by atoms with Gasteiger partial charge in [-0.25, -0.2) is 0 Å². The first-order valence-electron chi connectivity index (χ1n) is 6.26. The molecule has 0 aromatic heterocycles. The van der Waals surface area contributed by atoms with E-state index in [2.05, 4.69) is 0 Å². The summed E-state index contributed by atoms with van der Waals surface area (Å²) in [6.45, 7) is 1.81. The second-order valence-corrected chi connectivity index (χ2v) is 5.47. The van der Waals surface area contributed by atoms with Crippen LogP contribution < -0.4 is 0 Å². The van der Waals surface area contributed by atoms with Gasteiger partial charge in [-0.1, -0.05) is 65.7 Å². The lowest BCUT2D eigenvalue weighted by molar-refractivity contribution is 0.477. The van der Waals surface area contributed by atoms with Crippen molar-refractivity contribution < 1.29 is 5.11 Å². The van der Waals surface area contributed by atoms with Gasteiger partial charge in [0.2, 0.25) is 0 Å². The summed E-state index contributed by atoms with van der Waals surface area (Å²) in [4.78, 5) is 0. The highest BCUT2D eigenvalue weighted by molar-refractivity contribution is 6.39. The van der Waals surface area contributed by atoms with Crippen LogP contribution in [0.1, 0.15) is 5.56 Å². The molecule has 0 bridgehead atoms. The molecule has 0 aliphatic carbocycles. The van der Waals surface area contributed by atoms with Gasteiger partial charge in [0.1, 0.15) is 5.75 Å². The predicted molar refractivity (Wildman–Crippen MR) is 85.8 cm³/mol. The van der Waals surface area contributed by atoms with Crippen molar-refractivity contribution in [1.82, 2.24) is 0 Å². The van der Waals surface area contributed by atoms with Gasteiger partial charge in [-0.15, -0.1) is 0 Å². The van der Waals surface area contributed by atoms with Gasteiger partial charge in [0.05, 0.1) is 5.02 Å². The van der Waals surface area contributed by atoms with Gasteiger partial charge in [0.15, 0.2) is 0 Å². The van der Waals surface area contributed by atoms with Crippen LogP contribution in [-0.4, -0.2) is 5.11 Å². The fraction of sp³-hybridized carbons (Fsp3) is 0.0588. The van der Waals surface area contributed by atoms with Crippen molar-refractivity contribution in [2.24, 2.45) is 0 Å². The molecule has 0 fully saturated rings. The molecule has 0 spiro atoms. The van der Waals surface area contributed by atoms with Gasteiger partial charge < -0.3 is 5.11 Å². The van der Waals surface area contributed by atoms with E-state index < -0.39 is 0 Å². The maximum absolute atomic E-state index is 10.3. The molecule has 3 heteroatoms. The van der Waals surface area contributed by atoms with Crippen LogP contribution in [-0.2, 0) is 0 Å². The second-order valence-electron chi connectivity index (χ2n) is 4.69. The van der Waals surface area contributed by atoms with Crippen LogP contribution in [0, 0.1) is 6.92 Å². The van der Waals surface area contributed by atoms with Gasteiger partial charge in [-0.05, 0) is 18.4 Å². The molecule has 0 heterocycles. The lowest BCUT2D eigenvalue weighted by atomic mass is 9.95. The molecule has 20 heavy (non-hydrogen) atoms. The Morgan fingerprint density at radius 2 is 1.45 bits per heavy atom. The van der Waals surface area contributed by atoms with Crippen LogP contribution in [0.3, 0.4) is 0 Å². The summed E-state index contributed by atoms with van der Waals surface area (Å²) in [6.07, 6.45) is 0. The topological polar surface area (TPSA) is 20.2 Å². The van der Waals surface area contributed by atoms with Crippen LogP contribution in [0.5, 0.6) is 5.75 Å². The van der Waals surface area contributed by atoms with Gasteiger partial charge in [0, 0.05) is 27.1 Å². The lowest BCUT2D eigenvalue weighted by Gasteiger charge is -2.15. The van der Waals surface area contributed by atoms with E-state index in [9.17, 15) is 5.11 Å². The summed E-state index contributed by atoms with van der Waals surface area (Å²) in [5, 5.41) is 13.1. The minimum atomic E-state index is 0.224. The lowest BCUT2D eigenvalue weighted by Crippen LogP contribution is -1.89. The van der Waals surface area contributed by atoms with E-state index in [-0.39, 0.29) is 5.75 Å². The minimum Gasteiger partial charge on any atom is -0.507 e. The SMILES string of the molecule is Cc1c(Cl)c(-c2ccccc2Cl)c2ccccc2c1O. The zero-order chi connectivity index (χ0) is 14.3. The molecule has 0 atom stereocenters. The number of fused-ring (bicyclic) bond motifs is 1. The van der Waals surface area contributed by atoms with Crippen molar-refractivity contribution in [3.63, 3.8) is 0 Å². The molecular weight excluding hydrogens is 291 g/mol. The molecule has 3 aromatic carbocycles. The molecule has 3 aromatic rings. The summed E-state index contributed by atoms with van der Waals surface area (Å²) in [7, 11) is 0. The number of rotatable bonds is 1. The molecule has 0 aliphatic heterocycles. The van der Waals surface area contributed by atoms with Crippen LogP contribution in [0.15, 0.2) is 48.5 Å². The van der Waals surface area contributed by atoms with Gasteiger partial charge in [-0.3, -0.25) is 0 Å². The van der Waals surface area contributed by atoms with Crippen molar-refractivity contribution in [2.45, 2.75) is 6.92 Å². The molecule has 100 valence electrons. The molecule has 0 amide bonds. The molecule has 0 radical (unpaired) electrons. The highest BCUT2D eigenvalue weighted by atomic mass is 35.5. The van der Waals surface area contributed by atoms with Crippen molar-refractivity contribution in [1.29, 1.82) is 0 Å². The molecule has 3 rings (SSSR count). The summed E-state index contributed by atoms with van der Waals surface area (Å²) < 4.78 is 0. The Labute approximate surface area is 127 Å². The molecule has 1 N–H and O–H groups in total. The van der Waals surface area contributed by atoms with Crippen molar-refractivity contribution in [2.75, 3.05) is 0 Å². The number of hydrogen-bond acceptors (Lipinski definition) is 1. The number of aromatic hydroxyl groups is 1. The Bertz CT molecular complexity index is 809. The van der Waals surface area contributed by atoms with E-state index in [1.807, 2.05) is 55.5 Å². The van der Waals surface area contributed by atoms with E-state index >= 15 is 0 Å². The van der Waals surface area contributed by atoms with Crippen LogP contribution >= 0.6 is 23.2 Å². The Morgan fingerprint density at radius 3 is 2.15 bits per heavy atom. The number of benzene rings is 3. The molecule has 0 saturated carbocycles. The third-order valence-corrected chi connectivity index (χ3v) is 4.30. The third kappa shape index (κ3) is 1.94. The number of halogens is 2. The second kappa shape index (κ2) is 5.01. The minimum absolute atomic E-state index is 0.224. The summed E-state index contributed by atoms with van der Waals surface area (Å²) in [5.74, 6) is 0.224. The Kier molecular flexibility index (Phi) is 3.33. The normalized spacial score (nSPS) is 10.9. The average Bonchev–Trinajstić information content (AvgIpc) is 2.47. The monoisotopic (exact) mass is 302 g/mol. The number of hydrogen-bond donors (Lipinski definition) is 1. The van der Waals surface area contributed by atoms with Crippen molar-refractivity contribution in [3.8, 4) is 16.9 Å². The molecular formula is C17H12Cl2O. The first kappa shape index (κ1) is 13.3. The highest BCUT2D eigenvalue weighted by Crippen LogP contribution is 2.44. The number of phenolic OH excluding ortho intramolecular Hbond substituents is 1. The van der Waals surface area contributed by atoms with Crippen LogP contribution in [0.2, 0.25) is 10.0 Å². The van der Waals surface area contributed by atoms with Crippen molar-refractivity contribution >= 4 is 34.0 Å². The van der Waals surface area contributed by atoms with E-state index in [1.165, 1.54) is 0 Å². The summed E-state index contributed by atoms with van der Waals surface area (Å²) in [6, 6.07) is 15.2. The Balaban J connectivity index is 2.51. The Morgan fingerprint density at radius 1 is 0.850 bits per heavy atom. The van der Waals surface area contributed by atoms with Crippen LogP contribution in [0.4, 0.5) is 0 Å². The maximum atomic E-state index is 10.3. The standard InChI is InChI=1S/C17H12Cl2O/c1-10-16(19)15(13-8-4-5-9-14(13)18)11-6-2-3-7-12(11)17(10)20/h2-9,20H,1H3. The summed E-state index contributed by atoms with van der Waals surface area (Å²) in [5.41, 5.74) is 2.40. The molecule has 0 unspecified atom stereocenters. The largest absolute Gasteiger partial charge is 0.507 e. The Hall–Kier alpha value is -1.70. The smallest absolute Gasteiger partial charge is 0.127 e. The zero-order valence-electron chi connectivity index (χ0n) is 10.8. The van der Waals surface area contributed by atoms with Gasteiger partial charge in [-0.2, -0.15) is 0 Å². The fourth-order valence-electron chi connectivity index (χ4n) is 2.45. The van der Waals surface area contributed by atoms with E-state index in [4.69, 9.17) is 23.2 Å². The van der Waals surface area contributed by atoms with E-state index in [0.29, 0.717) is 15.6 Å².